The highest BCUT2D eigenvalue weighted by Crippen LogP contribution is 2.35. The fourth-order valence-corrected chi connectivity index (χ4v) is 3.31. The summed E-state index contributed by atoms with van der Waals surface area (Å²) in [5.41, 5.74) is 2.87. The summed E-state index contributed by atoms with van der Waals surface area (Å²) in [5.74, 6) is 1.32. The molecule has 0 aliphatic carbocycles. The molecule has 1 aliphatic heterocycles. The van der Waals surface area contributed by atoms with Gasteiger partial charge in [-0.15, -0.1) is 0 Å². The number of hydrogen-bond acceptors (Lipinski definition) is 4. The van der Waals surface area contributed by atoms with Gasteiger partial charge >= 0.3 is 0 Å². The molecule has 5 heteroatoms. The van der Waals surface area contributed by atoms with E-state index in [9.17, 15) is 10.3 Å². The molecule has 0 aromatic heterocycles. The van der Waals surface area contributed by atoms with Crippen LogP contribution in [0, 0.1) is 5.21 Å². The Kier molecular flexibility index (Phi) is 4.76. The summed E-state index contributed by atoms with van der Waals surface area (Å²) in [6.07, 6.45) is -0.0915. The number of nitrogens with zero attached hydrogens (tertiary/aromatic N) is 1. The quantitative estimate of drug-likeness (QED) is 0.677. The summed E-state index contributed by atoms with van der Waals surface area (Å²) in [4.78, 5) is 0. The zero-order valence-electron chi connectivity index (χ0n) is 14.1. The van der Waals surface area contributed by atoms with Gasteiger partial charge < -0.3 is 24.4 Å². The lowest BCUT2D eigenvalue weighted by Gasteiger charge is -2.47. The number of quaternary nitrogens is 1. The molecule has 5 nitrogen and oxygen atoms in total. The maximum Gasteiger partial charge on any atom is 0.161 e. The van der Waals surface area contributed by atoms with Crippen molar-refractivity contribution in [3.05, 3.63) is 64.4 Å². The first kappa shape index (κ1) is 16.8. The van der Waals surface area contributed by atoms with Gasteiger partial charge in [0, 0.05) is 12.0 Å². The highest BCUT2D eigenvalue weighted by molar-refractivity contribution is 5.47. The number of hydroxylamine groups is 3. The van der Waals surface area contributed by atoms with Crippen LogP contribution in [0.1, 0.15) is 22.8 Å². The molecular weight excluding hydrogens is 306 g/mol. The summed E-state index contributed by atoms with van der Waals surface area (Å²) in [6.45, 7) is 0.934. The van der Waals surface area contributed by atoms with E-state index < -0.39 is 10.8 Å². The molecule has 0 radical (unpaired) electrons. The Hall–Kier alpha value is -2.08. The standard InChI is InChI=1S/C19H23NO4/c1-23-18-10-15-8-9-20(22,12-16(15)11-19(18)24-2)13-17(21)14-6-4-3-5-7-14/h3-7,10-11,17,21H,8-9,12-13H2,1-2H3/t17-,20?/m0/s1. The van der Waals surface area contributed by atoms with E-state index in [2.05, 4.69) is 0 Å². The molecule has 1 heterocycles. The Balaban J connectivity index is 1.80. The second kappa shape index (κ2) is 6.81. The van der Waals surface area contributed by atoms with E-state index in [4.69, 9.17) is 9.47 Å². The van der Waals surface area contributed by atoms with Gasteiger partial charge in [-0.2, -0.15) is 0 Å². The highest BCUT2D eigenvalue weighted by atomic mass is 16.5. The van der Waals surface area contributed by atoms with Gasteiger partial charge in [-0.1, -0.05) is 30.3 Å². The minimum absolute atomic E-state index is 0.151. The molecule has 128 valence electrons. The van der Waals surface area contributed by atoms with E-state index in [-0.39, 0.29) is 6.54 Å². The summed E-state index contributed by atoms with van der Waals surface area (Å²) in [6, 6.07) is 13.2. The molecule has 2 aromatic carbocycles. The molecule has 0 bridgehead atoms. The first-order valence-corrected chi connectivity index (χ1v) is 8.08. The van der Waals surface area contributed by atoms with Crippen molar-refractivity contribution in [1.82, 2.24) is 0 Å². The molecule has 1 unspecified atom stereocenters. The highest BCUT2D eigenvalue weighted by Gasteiger charge is 2.29. The van der Waals surface area contributed by atoms with Crippen LogP contribution in [0.5, 0.6) is 11.5 Å². The molecule has 0 fully saturated rings. The Morgan fingerprint density at radius 3 is 2.33 bits per heavy atom. The Morgan fingerprint density at radius 1 is 1.08 bits per heavy atom. The fraction of sp³-hybridized carbons (Fsp3) is 0.368. The van der Waals surface area contributed by atoms with Crippen molar-refractivity contribution in [3.63, 3.8) is 0 Å². The first-order chi connectivity index (χ1) is 11.5. The largest absolute Gasteiger partial charge is 0.632 e. The van der Waals surface area contributed by atoms with Crippen LogP contribution in [-0.2, 0) is 13.0 Å². The van der Waals surface area contributed by atoms with Gasteiger partial charge in [0.05, 0.1) is 20.8 Å². The fourth-order valence-electron chi connectivity index (χ4n) is 3.31. The van der Waals surface area contributed by atoms with Crippen LogP contribution in [0.3, 0.4) is 0 Å². The van der Waals surface area contributed by atoms with Crippen LogP contribution in [0.25, 0.3) is 0 Å². The third-order valence-electron chi connectivity index (χ3n) is 4.64. The lowest BCUT2D eigenvalue weighted by atomic mass is 9.97. The van der Waals surface area contributed by atoms with Gasteiger partial charge in [-0.3, -0.25) is 0 Å². The summed E-state index contributed by atoms with van der Waals surface area (Å²) >= 11 is 0. The summed E-state index contributed by atoms with van der Waals surface area (Å²) < 4.78 is 10.2. The third kappa shape index (κ3) is 3.38. The number of benzene rings is 2. The van der Waals surface area contributed by atoms with Crippen LogP contribution in [0.15, 0.2) is 42.5 Å². The van der Waals surface area contributed by atoms with Gasteiger partial charge in [-0.25, -0.2) is 0 Å². The van der Waals surface area contributed by atoms with Crippen molar-refractivity contribution in [3.8, 4) is 11.5 Å². The van der Waals surface area contributed by atoms with Crippen molar-refractivity contribution in [1.29, 1.82) is 0 Å². The lowest BCUT2D eigenvalue weighted by Crippen LogP contribution is -2.48. The Morgan fingerprint density at radius 2 is 1.71 bits per heavy atom. The Bertz CT molecular complexity index is 704. The number of fused-ring (bicyclic) bond motifs is 1. The predicted molar refractivity (Wildman–Crippen MR) is 91.7 cm³/mol. The van der Waals surface area contributed by atoms with Gasteiger partial charge in [0.2, 0.25) is 0 Å². The van der Waals surface area contributed by atoms with Gasteiger partial charge in [0.15, 0.2) is 11.5 Å². The van der Waals surface area contributed by atoms with Gasteiger partial charge in [0.1, 0.15) is 19.2 Å². The predicted octanol–water partition coefficient (Wildman–Crippen LogP) is 2.81. The normalized spacial score (nSPS) is 21.0. The molecule has 24 heavy (non-hydrogen) atoms. The van der Waals surface area contributed by atoms with E-state index in [1.165, 1.54) is 0 Å². The molecule has 2 atom stereocenters. The van der Waals surface area contributed by atoms with Crippen molar-refractivity contribution < 1.29 is 19.2 Å². The number of aliphatic hydroxyl groups excluding tert-OH is 1. The van der Waals surface area contributed by atoms with Crippen LogP contribution >= 0.6 is 0 Å². The molecule has 2 aromatic rings. The number of rotatable bonds is 5. The summed E-state index contributed by atoms with van der Waals surface area (Å²) in [5, 5.41) is 23.5. The zero-order chi connectivity index (χ0) is 17.2. The molecule has 0 spiro atoms. The number of ether oxygens (including phenoxy) is 2. The zero-order valence-corrected chi connectivity index (χ0v) is 14.1. The number of methoxy groups -OCH3 is 2. The molecule has 1 N–H and O–H groups in total. The van der Waals surface area contributed by atoms with E-state index in [0.717, 1.165) is 16.7 Å². The van der Waals surface area contributed by atoms with Crippen molar-refractivity contribution in [2.24, 2.45) is 0 Å². The van der Waals surface area contributed by atoms with Crippen molar-refractivity contribution in [2.75, 3.05) is 27.3 Å². The van der Waals surface area contributed by atoms with Gasteiger partial charge in [-0.05, 0) is 23.3 Å². The maximum absolute atomic E-state index is 13.1. The number of hydrogen-bond donors (Lipinski definition) is 1. The minimum atomic E-state index is -0.759. The molecule has 1 aliphatic rings. The monoisotopic (exact) mass is 329 g/mol. The second-order valence-electron chi connectivity index (χ2n) is 6.27. The van der Waals surface area contributed by atoms with Crippen LogP contribution in [0.4, 0.5) is 0 Å². The summed E-state index contributed by atoms with van der Waals surface area (Å²) in [7, 11) is 3.20. The molecule has 3 rings (SSSR count). The van der Waals surface area contributed by atoms with Crippen LogP contribution in [-0.4, -0.2) is 37.1 Å². The van der Waals surface area contributed by atoms with Gasteiger partial charge in [0.25, 0.3) is 0 Å². The minimum Gasteiger partial charge on any atom is -0.632 e. The van der Waals surface area contributed by atoms with Crippen LogP contribution < -0.4 is 9.47 Å². The smallest absolute Gasteiger partial charge is 0.161 e. The third-order valence-corrected chi connectivity index (χ3v) is 4.64. The lowest BCUT2D eigenvalue weighted by molar-refractivity contribution is -0.899. The SMILES string of the molecule is COc1cc2c(cc1OC)C[N+]([O-])(C[C@H](O)c1ccccc1)CC2. The van der Waals surface area contributed by atoms with E-state index >= 15 is 0 Å². The molecule has 0 saturated carbocycles. The molecular formula is C19H23NO4. The van der Waals surface area contributed by atoms with Crippen molar-refractivity contribution in [2.45, 2.75) is 19.1 Å². The Labute approximate surface area is 142 Å². The first-order valence-electron chi connectivity index (χ1n) is 8.08. The van der Waals surface area contributed by atoms with E-state index in [0.29, 0.717) is 31.0 Å². The van der Waals surface area contributed by atoms with Crippen LogP contribution in [0.2, 0.25) is 0 Å². The maximum atomic E-state index is 13.1. The van der Waals surface area contributed by atoms with E-state index in [1.807, 2.05) is 42.5 Å². The average molecular weight is 329 g/mol. The second-order valence-corrected chi connectivity index (χ2v) is 6.27. The topological polar surface area (TPSA) is 61.8 Å². The average Bonchev–Trinajstić information content (AvgIpc) is 2.61. The molecule has 0 saturated heterocycles. The number of aliphatic hydroxyl groups is 1. The molecule has 0 amide bonds. The van der Waals surface area contributed by atoms with Crippen molar-refractivity contribution >= 4 is 0 Å². The van der Waals surface area contributed by atoms with E-state index in [1.54, 1.807) is 14.2 Å².